The van der Waals surface area contributed by atoms with Crippen LogP contribution >= 0.6 is 0 Å². The zero-order valence-corrected chi connectivity index (χ0v) is 20.2. The lowest BCUT2D eigenvalue weighted by atomic mass is 9.89. The molecule has 1 spiro atoms. The van der Waals surface area contributed by atoms with E-state index in [0.29, 0.717) is 25.9 Å². The zero-order chi connectivity index (χ0) is 26.2. The number of hydrogen-bond acceptors (Lipinski definition) is 6. The Bertz CT molecular complexity index is 852. The van der Waals surface area contributed by atoms with E-state index in [9.17, 15) is 37.5 Å². The first-order valence-corrected chi connectivity index (χ1v) is 11.9. The number of likely N-dealkylation sites (tertiary alicyclic amines) is 1. The van der Waals surface area contributed by atoms with Crippen LogP contribution < -0.4 is 10.6 Å². The molecule has 3 N–H and O–H groups in total. The van der Waals surface area contributed by atoms with Gasteiger partial charge < -0.3 is 20.6 Å². The number of alkyl halides is 3. The second-order valence-corrected chi connectivity index (χ2v) is 11.2. The van der Waals surface area contributed by atoms with E-state index >= 15 is 0 Å². The molecule has 3 aliphatic rings. The van der Waals surface area contributed by atoms with Gasteiger partial charge in [0.1, 0.15) is 18.8 Å². The number of nitrogens with zero attached hydrogens (tertiary/aromatic N) is 1. The van der Waals surface area contributed by atoms with Gasteiger partial charge in [0.25, 0.3) is 5.91 Å². The summed E-state index contributed by atoms with van der Waals surface area (Å²) in [6, 6.07) is -2.35. The Labute approximate surface area is 202 Å². The van der Waals surface area contributed by atoms with Gasteiger partial charge in [-0.25, -0.2) is 0 Å². The van der Waals surface area contributed by atoms with Crippen LogP contribution in [-0.2, 0) is 23.9 Å². The maximum absolute atomic E-state index is 13.3. The molecule has 2 saturated heterocycles. The SMILES string of the molecule is CC(C)(C)C[C@@H](O)C(=O)N1CC2(CC2)C[C@H]1C(=O)N[C@@H](C[C@@H]1CCNC1=O)C(=O)COC(F)(F)F. The summed E-state index contributed by atoms with van der Waals surface area (Å²) in [5.74, 6) is -3.26. The van der Waals surface area contributed by atoms with Crippen molar-refractivity contribution in [2.24, 2.45) is 16.7 Å². The van der Waals surface area contributed by atoms with Gasteiger partial charge in [0.2, 0.25) is 11.8 Å². The molecule has 12 heteroatoms. The van der Waals surface area contributed by atoms with Gasteiger partial charge in [-0.3, -0.25) is 23.9 Å². The van der Waals surface area contributed by atoms with Crippen LogP contribution in [0.3, 0.4) is 0 Å². The quantitative estimate of drug-likeness (QED) is 0.434. The van der Waals surface area contributed by atoms with E-state index in [4.69, 9.17) is 0 Å². The van der Waals surface area contributed by atoms with Crippen LogP contribution in [0.2, 0.25) is 0 Å². The summed E-state index contributed by atoms with van der Waals surface area (Å²) in [5, 5.41) is 15.6. The van der Waals surface area contributed by atoms with E-state index in [1.165, 1.54) is 4.90 Å². The molecule has 0 bridgehead atoms. The topological polar surface area (TPSA) is 125 Å². The Morgan fingerprint density at radius 1 is 1.26 bits per heavy atom. The van der Waals surface area contributed by atoms with Crippen LogP contribution in [0.1, 0.15) is 59.3 Å². The zero-order valence-electron chi connectivity index (χ0n) is 20.2. The van der Waals surface area contributed by atoms with Gasteiger partial charge in [-0.1, -0.05) is 20.8 Å². The largest absolute Gasteiger partial charge is 0.522 e. The number of hydrogen-bond donors (Lipinski definition) is 3. The molecule has 0 aromatic rings. The highest BCUT2D eigenvalue weighted by atomic mass is 19.4. The number of aliphatic hydroxyl groups excluding tert-OH is 1. The molecule has 1 saturated carbocycles. The maximum atomic E-state index is 13.3. The second kappa shape index (κ2) is 10.0. The number of halogens is 3. The molecule has 2 heterocycles. The van der Waals surface area contributed by atoms with Crippen molar-refractivity contribution >= 4 is 23.5 Å². The minimum absolute atomic E-state index is 0.171. The average molecular weight is 506 g/mol. The van der Waals surface area contributed by atoms with Crippen molar-refractivity contribution in [2.75, 3.05) is 19.7 Å². The van der Waals surface area contributed by atoms with Crippen LogP contribution in [-0.4, -0.2) is 77.8 Å². The fraction of sp³-hybridized carbons (Fsp3) is 0.826. The third-order valence-corrected chi connectivity index (χ3v) is 6.91. The predicted molar refractivity (Wildman–Crippen MR) is 117 cm³/mol. The monoisotopic (exact) mass is 505 g/mol. The molecule has 0 aromatic heterocycles. The normalized spacial score (nSPS) is 25.3. The standard InChI is InChI=1S/C23H34F3N3O6/c1-21(2,3)10-16(30)20(34)29-12-22(5-6-22)9-15(29)19(33)28-14(8-13-4-7-27-18(13)32)17(31)11-35-23(24,25)26/h13-16,30H,4-12H2,1-3H3,(H,27,32)(H,28,33)/t13-,14-,15-,16+/m0/s1. The highest BCUT2D eigenvalue weighted by Crippen LogP contribution is 2.55. The molecule has 9 nitrogen and oxygen atoms in total. The Kier molecular flexibility index (Phi) is 7.85. The van der Waals surface area contributed by atoms with Gasteiger partial charge in [-0.05, 0) is 49.4 Å². The van der Waals surface area contributed by atoms with Crippen LogP contribution in [0, 0.1) is 16.7 Å². The van der Waals surface area contributed by atoms with E-state index < -0.39 is 54.7 Å². The number of aliphatic hydroxyl groups is 1. The van der Waals surface area contributed by atoms with Crippen LogP contribution in [0.25, 0.3) is 0 Å². The second-order valence-electron chi connectivity index (χ2n) is 11.2. The first-order chi connectivity index (χ1) is 16.1. The summed E-state index contributed by atoms with van der Waals surface area (Å²) in [6.07, 6.45) is -3.94. The van der Waals surface area contributed by atoms with Gasteiger partial charge in [0.05, 0.1) is 6.04 Å². The van der Waals surface area contributed by atoms with Crippen LogP contribution in [0.5, 0.6) is 0 Å². The molecule has 3 rings (SSSR count). The molecule has 0 radical (unpaired) electrons. The number of ether oxygens (including phenoxy) is 1. The summed E-state index contributed by atoms with van der Waals surface area (Å²) in [7, 11) is 0. The summed E-state index contributed by atoms with van der Waals surface area (Å²) in [6.45, 7) is 4.99. The van der Waals surface area contributed by atoms with E-state index in [-0.39, 0.29) is 29.6 Å². The summed E-state index contributed by atoms with van der Waals surface area (Å²) in [4.78, 5) is 52.2. The number of carbonyl (C=O) groups is 4. The van der Waals surface area contributed by atoms with Gasteiger partial charge in [-0.2, -0.15) is 0 Å². The Balaban J connectivity index is 1.73. The number of ketones is 1. The highest BCUT2D eigenvalue weighted by Gasteiger charge is 2.56. The number of amides is 3. The Hall–Kier alpha value is -2.21. The molecule has 198 valence electrons. The van der Waals surface area contributed by atoms with E-state index in [0.717, 1.165) is 12.8 Å². The van der Waals surface area contributed by atoms with Crippen molar-refractivity contribution in [3.63, 3.8) is 0 Å². The first kappa shape index (κ1) is 27.4. The van der Waals surface area contributed by atoms with Gasteiger partial charge in [-0.15, -0.1) is 13.2 Å². The maximum Gasteiger partial charge on any atom is 0.522 e. The van der Waals surface area contributed by atoms with Gasteiger partial charge in [0.15, 0.2) is 5.78 Å². The van der Waals surface area contributed by atoms with E-state index in [1.807, 2.05) is 20.8 Å². The molecular formula is C23H34F3N3O6. The molecule has 3 amide bonds. The molecule has 0 unspecified atom stereocenters. The Morgan fingerprint density at radius 3 is 2.43 bits per heavy atom. The van der Waals surface area contributed by atoms with Crippen molar-refractivity contribution in [3.8, 4) is 0 Å². The first-order valence-electron chi connectivity index (χ1n) is 11.9. The summed E-state index contributed by atoms with van der Waals surface area (Å²) >= 11 is 0. The summed E-state index contributed by atoms with van der Waals surface area (Å²) < 4.78 is 41.1. The van der Waals surface area contributed by atoms with Crippen molar-refractivity contribution < 1.29 is 42.2 Å². The average Bonchev–Trinajstić information content (AvgIpc) is 3.19. The smallest absolute Gasteiger partial charge is 0.383 e. The minimum Gasteiger partial charge on any atom is -0.383 e. The minimum atomic E-state index is -5.02. The number of Topliss-reactive ketones (excluding diaryl/α,β-unsaturated/α-hetero) is 1. The van der Waals surface area contributed by atoms with Gasteiger partial charge >= 0.3 is 6.36 Å². The lowest BCUT2D eigenvalue weighted by Crippen LogP contribution is -2.54. The van der Waals surface area contributed by atoms with Crippen molar-refractivity contribution in [1.82, 2.24) is 15.5 Å². The summed E-state index contributed by atoms with van der Waals surface area (Å²) in [5.41, 5.74) is -0.551. The molecule has 3 fully saturated rings. The fourth-order valence-corrected chi connectivity index (χ4v) is 4.87. The predicted octanol–water partition coefficient (Wildman–Crippen LogP) is 1.28. The molecule has 0 aromatic carbocycles. The van der Waals surface area contributed by atoms with Crippen molar-refractivity contribution in [3.05, 3.63) is 0 Å². The van der Waals surface area contributed by atoms with Crippen LogP contribution in [0.15, 0.2) is 0 Å². The van der Waals surface area contributed by atoms with Crippen LogP contribution in [0.4, 0.5) is 13.2 Å². The molecular weight excluding hydrogens is 471 g/mol. The number of carbonyl (C=O) groups excluding carboxylic acids is 4. The molecule has 1 aliphatic carbocycles. The van der Waals surface area contributed by atoms with E-state index in [2.05, 4.69) is 15.4 Å². The highest BCUT2D eigenvalue weighted by molar-refractivity contribution is 5.95. The third kappa shape index (κ3) is 7.39. The lowest BCUT2D eigenvalue weighted by Gasteiger charge is -2.30. The number of nitrogens with one attached hydrogen (secondary N) is 2. The van der Waals surface area contributed by atoms with Crippen molar-refractivity contribution in [2.45, 2.75) is 83.8 Å². The van der Waals surface area contributed by atoms with E-state index in [1.54, 1.807) is 0 Å². The third-order valence-electron chi connectivity index (χ3n) is 6.91. The van der Waals surface area contributed by atoms with Crippen molar-refractivity contribution in [1.29, 1.82) is 0 Å². The van der Waals surface area contributed by atoms with Gasteiger partial charge in [0, 0.05) is 19.0 Å². The molecule has 35 heavy (non-hydrogen) atoms. The lowest BCUT2D eigenvalue weighted by molar-refractivity contribution is -0.321. The molecule has 4 atom stereocenters. The fourth-order valence-electron chi connectivity index (χ4n) is 4.87. The number of rotatable bonds is 9. The molecule has 2 aliphatic heterocycles. The Morgan fingerprint density at radius 2 is 1.91 bits per heavy atom.